The van der Waals surface area contributed by atoms with Gasteiger partial charge in [-0.05, 0) is 18.9 Å². The van der Waals surface area contributed by atoms with E-state index < -0.39 is 4.92 Å². The van der Waals surface area contributed by atoms with Gasteiger partial charge in [-0.2, -0.15) is 0 Å². The second kappa shape index (κ2) is 6.77. The Kier molecular flexibility index (Phi) is 5.34. The lowest BCUT2D eigenvalue weighted by Crippen LogP contribution is -2.30. The lowest BCUT2D eigenvalue weighted by molar-refractivity contribution is -0.384. The van der Waals surface area contributed by atoms with E-state index >= 15 is 0 Å². The van der Waals surface area contributed by atoms with E-state index in [2.05, 4.69) is 18.2 Å². The van der Waals surface area contributed by atoms with Crippen LogP contribution >= 0.6 is 0 Å². The van der Waals surface area contributed by atoms with Crippen molar-refractivity contribution in [2.75, 3.05) is 0 Å². The molecule has 0 bridgehead atoms. The molecule has 4 nitrogen and oxygen atoms in total. The van der Waals surface area contributed by atoms with E-state index in [4.69, 9.17) is 6.42 Å². The SMILES string of the molecule is C#CCC(CC)NC(C)c1ccc([N+](=O)[O-])cc1. The zero-order valence-electron chi connectivity index (χ0n) is 10.7. The second-order valence-electron chi connectivity index (χ2n) is 4.25. The predicted molar refractivity (Wildman–Crippen MR) is 72.2 cm³/mol. The zero-order chi connectivity index (χ0) is 13.5. The third kappa shape index (κ3) is 3.86. The van der Waals surface area contributed by atoms with E-state index in [-0.39, 0.29) is 17.8 Å². The van der Waals surface area contributed by atoms with Crippen LogP contribution < -0.4 is 5.32 Å². The standard InChI is InChI=1S/C14H18N2O2/c1-4-6-13(5-2)15-11(3)12-7-9-14(10-8-12)16(17)18/h1,7-11,13,15H,5-6H2,2-3H3. The van der Waals surface area contributed by atoms with Crippen molar-refractivity contribution in [2.45, 2.75) is 38.8 Å². The van der Waals surface area contributed by atoms with Crippen LogP contribution in [0.15, 0.2) is 24.3 Å². The first-order valence-electron chi connectivity index (χ1n) is 6.02. The van der Waals surface area contributed by atoms with Gasteiger partial charge in [0.25, 0.3) is 5.69 Å². The van der Waals surface area contributed by atoms with Gasteiger partial charge in [0.1, 0.15) is 0 Å². The maximum Gasteiger partial charge on any atom is 0.269 e. The number of nitro groups is 1. The highest BCUT2D eigenvalue weighted by molar-refractivity contribution is 5.34. The molecule has 0 aliphatic rings. The fourth-order valence-corrected chi connectivity index (χ4v) is 1.80. The van der Waals surface area contributed by atoms with Gasteiger partial charge in [0.2, 0.25) is 0 Å². The molecule has 0 fully saturated rings. The molecule has 96 valence electrons. The molecule has 0 saturated heterocycles. The molecule has 0 radical (unpaired) electrons. The second-order valence-corrected chi connectivity index (χ2v) is 4.25. The summed E-state index contributed by atoms with van der Waals surface area (Å²) in [6.07, 6.45) is 6.96. The molecule has 0 amide bonds. The highest BCUT2D eigenvalue weighted by Gasteiger charge is 2.12. The topological polar surface area (TPSA) is 55.2 Å². The summed E-state index contributed by atoms with van der Waals surface area (Å²) in [5, 5.41) is 14.0. The largest absolute Gasteiger partial charge is 0.307 e. The lowest BCUT2D eigenvalue weighted by Gasteiger charge is -2.20. The van der Waals surface area contributed by atoms with Gasteiger partial charge in [0.05, 0.1) is 4.92 Å². The average molecular weight is 246 g/mol. The van der Waals surface area contributed by atoms with Crippen LogP contribution in [0.4, 0.5) is 5.69 Å². The number of nitrogens with one attached hydrogen (secondary N) is 1. The Balaban J connectivity index is 2.69. The van der Waals surface area contributed by atoms with E-state index in [0.717, 1.165) is 12.0 Å². The molecule has 2 unspecified atom stereocenters. The number of benzene rings is 1. The third-order valence-electron chi connectivity index (χ3n) is 2.95. The highest BCUT2D eigenvalue weighted by atomic mass is 16.6. The minimum atomic E-state index is -0.394. The Bertz CT molecular complexity index is 434. The molecule has 4 heteroatoms. The van der Waals surface area contributed by atoms with Crippen molar-refractivity contribution < 1.29 is 4.92 Å². The first-order chi connectivity index (χ1) is 8.58. The Morgan fingerprint density at radius 2 is 2.06 bits per heavy atom. The first kappa shape index (κ1) is 14.2. The number of hydrogen-bond acceptors (Lipinski definition) is 3. The van der Waals surface area contributed by atoms with Crippen LogP contribution in [0.1, 0.15) is 38.3 Å². The number of non-ortho nitro benzene ring substituents is 1. The molecule has 0 aliphatic heterocycles. The van der Waals surface area contributed by atoms with E-state index in [0.29, 0.717) is 6.42 Å². The summed E-state index contributed by atoms with van der Waals surface area (Å²) in [5.41, 5.74) is 1.14. The van der Waals surface area contributed by atoms with E-state index in [1.165, 1.54) is 12.1 Å². The maximum atomic E-state index is 10.6. The molecule has 0 aromatic heterocycles. The lowest BCUT2D eigenvalue weighted by atomic mass is 10.0. The molecule has 18 heavy (non-hydrogen) atoms. The van der Waals surface area contributed by atoms with Gasteiger partial charge in [0, 0.05) is 30.6 Å². The van der Waals surface area contributed by atoms with Crippen molar-refractivity contribution in [3.05, 3.63) is 39.9 Å². The summed E-state index contributed by atoms with van der Waals surface area (Å²) >= 11 is 0. The molecule has 0 spiro atoms. The van der Waals surface area contributed by atoms with Crippen LogP contribution in [-0.4, -0.2) is 11.0 Å². The van der Waals surface area contributed by atoms with Crippen molar-refractivity contribution in [1.82, 2.24) is 5.32 Å². The van der Waals surface area contributed by atoms with Gasteiger partial charge >= 0.3 is 0 Å². The predicted octanol–water partition coefficient (Wildman–Crippen LogP) is 3.05. The Morgan fingerprint density at radius 1 is 1.44 bits per heavy atom. The molecule has 0 saturated carbocycles. The molecular weight excluding hydrogens is 228 g/mol. The van der Waals surface area contributed by atoms with Crippen LogP contribution in [-0.2, 0) is 0 Å². The molecule has 1 aromatic rings. The zero-order valence-corrected chi connectivity index (χ0v) is 10.7. The van der Waals surface area contributed by atoms with Gasteiger partial charge in [-0.1, -0.05) is 19.1 Å². The Labute approximate surface area is 108 Å². The minimum absolute atomic E-state index is 0.113. The van der Waals surface area contributed by atoms with Crippen molar-refractivity contribution in [2.24, 2.45) is 0 Å². The third-order valence-corrected chi connectivity index (χ3v) is 2.95. The molecule has 0 aliphatic carbocycles. The highest BCUT2D eigenvalue weighted by Crippen LogP contribution is 2.18. The Hall–Kier alpha value is -1.86. The number of nitro benzene ring substituents is 1. The molecule has 1 N–H and O–H groups in total. The smallest absolute Gasteiger partial charge is 0.269 e. The van der Waals surface area contributed by atoms with Crippen molar-refractivity contribution in [1.29, 1.82) is 0 Å². The minimum Gasteiger partial charge on any atom is -0.307 e. The molecule has 0 heterocycles. The van der Waals surface area contributed by atoms with Crippen LogP contribution in [0.2, 0.25) is 0 Å². The fraction of sp³-hybridized carbons (Fsp3) is 0.429. The van der Waals surface area contributed by atoms with E-state index in [1.54, 1.807) is 12.1 Å². The normalized spacial score (nSPS) is 13.6. The van der Waals surface area contributed by atoms with Crippen molar-refractivity contribution >= 4 is 5.69 Å². The van der Waals surface area contributed by atoms with Gasteiger partial charge in [-0.15, -0.1) is 12.3 Å². The number of hydrogen-bond donors (Lipinski definition) is 1. The monoisotopic (exact) mass is 246 g/mol. The average Bonchev–Trinajstić information content (AvgIpc) is 2.38. The Morgan fingerprint density at radius 3 is 2.50 bits per heavy atom. The summed E-state index contributed by atoms with van der Waals surface area (Å²) < 4.78 is 0. The van der Waals surface area contributed by atoms with Gasteiger partial charge in [0.15, 0.2) is 0 Å². The molecule has 2 atom stereocenters. The van der Waals surface area contributed by atoms with Crippen LogP contribution in [0.5, 0.6) is 0 Å². The summed E-state index contributed by atoms with van der Waals surface area (Å²) in [7, 11) is 0. The van der Waals surface area contributed by atoms with Gasteiger partial charge in [-0.25, -0.2) is 0 Å². The van der Waals surface area contributed by atoms with Crippen LogP contribution in [0, 0.1) is 22.5 Å². The maximum absolute atomic E-state index is 10.6. The number of nitrogens with zero attached hydrogens (tertiary/aromatic N) is 1. The summed E-state index contributed by atoms with van der Waals surface area (Å²) in [6, 6.07) is 7.01. The van der Waals surface area contributed by atoms with Crippen molar-refractivity contribution in [3.8, 4) is 12.3 Å². The van der Waals surface area contributed by atoms with Crippen LogP contribution in [0.25, 0.3) is 0 Å². The molecular formula is C14H18N2O2. The summed E-state index contributed by atoms with van der Waals surface area (Å²) in [4.78, 5) is 10.2. The summed E-state index contributed by atoms with van der Waals surface area (Å²) in [5.74, 6) is 2.65. The number of rotatable bonds is 6. The quantitative estimate of drug-likeness (QED) is 0.477. The van der Waals surface area contributed by atoms with Crippen molar-refractivity contribution in [3.63, 3.8) is 0 Å². The van der Waals surface area contributed by atoms with Gasteiger partial charge < -0.3 is 5.32 Å². The summed E-state index contributed by atoms with van der Waals surface area (Å²) in [6.45, 7) is 4.11. The number of terminal acetylenes is 1. The van der Waals surface area contributed by atoms with E-state index in [1.807, 2.05) is 6.92 Å². The van der Waals surface area contributed by atoms with E-state index in [9.17, 15) is 10.1 Å². The first-order valence-corrected chi connectivity index (χ1v) is 6.02. The molecule has 1 aromatic carbocycles. The fourth-order valence-electron chi connectivity index (χ4n) is 1.80. The molecule has 1 rings (SSSR count). The van der Waals surface area contributed by atoms with Gasteiger partial charge in [-0.3, -0.25) is 10.1 Å². The van der Waals surface area contributed by atoms with Crippen LogP contribution in [0.3, 0.4) is 0 Å².